The third kappa shape index (κ3) is 2.66. The largest absolute Gasteiger partial charge is 0.351 e. The van der Waals surface area contributed by atoms with Gasteiger partial charge in [-0.1, -0.05) is 31.2 Å². The van der Waals surface area contributed by atoms with Crippen LogP contribution in [0.25, 0.3) is 11.0 Å². The van der Waals surface area contributed by atoms with Crippen molar-refractivity contribution in [1.82, 2.24) is 19.9 Å². The van der Waals surface area contributed by atoms with Crippen LogP contribution in [0.5, 0.6) is 0 Å². The quantitative estimate of drug-likeness (QED) is 0.818. The summed E-state index contributed by atoms with van der Waals surface area (Å²) in [5.41, 5.74) is 4.05. The van der Waals surface area contributed by atoms with Crippen molar-refractivity contribution in [3.63, 3.8) is 0 Å². The van der Waals surface area contributed by atoms with Gasteiger partial charge in [-0.15, -0.1) is 0 Å². The molecule has 6 heteroatoms. The zero-order valence-corrected chi connectivity index (χ0v) is 16.4. The maximum atomic E-state index is 13.1. The van der Waals surface area contributed by atoms with Gasteiger partial charge in [-0.05, 0) is 30.9 Å². The number of hydrogen-bond donors (Lipinski definition) is 1. The first-order chi connectivity index (χ1) is 13.6. The molecule has 6 nitrogen and oxygen atoms in total. The standard InChI is InChI=1S/C22H25N5O/c1-14-11-27(21-19-18(14)10-23-20(19)24-13-25-21)17-8-5-9-26(12-17)22(28)15(2)16-6-3-4-7-16/h3-4,6-7,10,13-14,17H,5,8-9,11-12H2,1-2H3,(H,23,24,25)/t14?,17-/m1/s1. The lowest BCUT2D eigenvalue weighted by Crippen LogP contribution is -2.52. The molecule has 2 atom stereocenters. The fourth-order valence-corrected chi connectivity index (χ4v) is 4.76. The highest BCUT2D eigenvalue weighted by Crippen LogP contribution is 2.39. The number of nitrogens with zero attached hydrogens (tertiary/aromatic N) is 4. The number of carbonyl (C=O) groups excluding carboxylic acids is 1. The predicted octanol–water partition coefficient (Wildman–Crippen LogP) is 3.31. The number of aromatic amines is 1. The van der Waals surface area contributed by atoms with Crippen molar-refractivity contribution in [1.29, 1.82) is 0 Å². The number of likely N-dealkylation sites (tertiary alicyclic amines) is 1. The average Bonchev–Trinajstić information content (AvgIpc) is 3.40. The molecule has 4 heterocycles. The first-order valence-electron chi connectivity index (χ1n) is 10.1. The first-order valence-corrected chi connectivity index (χ1v) is 10.1. The smallest absolute Gasteiger partial charge is 0.250 e. The Kier molecular flexibility index (Phi) is 4.07. The van der Waals surface area contributed by atoms with Crippen LogP contribution in [-0.4, -0.2) is 51.4 Å². The Labute approximate surface area is 164 Å². The van der Waals surface area contributed by atoms with Gasteiger partial charge in [0.05, 0.1) is 5.39 Å². The molecular weight excluding hydrogens is 350 g/mol. The number of amides is 1. The normalized spacial score (nSPS) is 23.7. The van der Waals surface area contributed by atoms with E-state index in [1.807, 2.05) is 36.1 Å². The molecule has 3 aliphatic rings. The molecule has 2 aliphatic heterocycles. The highest BCUT2D eigenvalue weighted by molar-refractivity contribution is 5.95. The summed E-state index contributed by atoms with van der Waals surface area (Å²) >= 11 is 0. The summed E-state index contributed by atoms with van der Waals surface area (Å²) in [5.74, 6) is 1.57. The lowest BCUT2D eigenvalue weighted by Gasteiger charge is -2.43. The second-order valence-corrected chi connectivity index (χ2v) is 8.06. The minimum absolute atomic E-state index is 0.149. The van der Waals surface area contributed by atoms with Crippen LogP contribution in [0.15, 0.2) is 48.0 Å². The fraction of sp³-hybridized carbons (Fsp3) is 0.409. The minimum atomic E-state index is 0.149. The Morgan fingerprint density at radius 3 is 2.86 bits per heavy atom. The highest BCUT2D eigenvalue weighted by Gasteiger charge is 2.34. The van der Waals surface area contributed by atoms with Crippen molar-refractivity contribution < 1.29 is 4.79 Å². The van der Waals surface area contributed by atoms with Gasteiger partial charge in [0.1, 0.15) is 17.8 Å². The summed E-state index contributed by atoms with van der Waals surface area (Å²) in [4.78, 5) is 29.8. The van der Waals surface area contributed by atoms with Crippen molar-refractivity contribution in [2.45, 2.75) is 38.6 Å². The molecule has 1 N–H and O–H groups in total. The molecule has 0 saturated carbocycles. The first kappa shape index (κ1) is 17.2. The average molecular weight is 375 g/mol. The van der Waals surface area contributed by atoms with Crippen molar-refractivity contribution in [2.75, 3.05) is 24.5 Å². The van der Waals surface area contributed by atoms with Crippen molar-refractivity contribution >= 4 is 22.8 Å². The van der Waals surface area contributed by atoms with Crippen LogP contribution in [0, 0.1) is 0 Å². The molecular formula is C22H25N5O. The van der Waals surface area contributed by atoms with Crippen molar-refractivity contribution in [3.05, 3.63) is 53.5 Å². The molecule has 0 aromatic carbocycles. The van der Waals surface area contributed by atoms with Gasteiger partial charge in [-0.2, -0.15) is 0 Å². The third-order valence-corrected chi connectivity index (χ3v) is 6.29. The Balaban J connectivity index is 1.43. The lowest BCUT2D eigenvalue weighted by atomic mass is 9.93. The Morgan fingerprint density at radius 1 is 1.21 bits per heavy atom. The van der Waals surface area contributed by atoms with Gasteiger partial charge < -0.3 is 14.8 Å². The number of piperidine rings is 1. The van der Waals surface area contributed by atoms with Crippen LogP contribution in [0.1, 0.15) is 38.2 Å². The molecule has 0 bridgehead atoms. The second kappa shape index (κ2) is 6.62. The number of aromatic nitrogens is 3. The summed E-state index contributed by atoms with van der Waals surface area (Å²) in [5, 5.41) is 1.14. The Morgan fingerprint density at radius 2 is 2.04 bits per heavy atom. The van der Waals surface area contributed by atoms with E-state index >= 15 is 0 Å². The Bertz CT molecular complexity index is 1020. The summed E-state index contributed by atoms with van der Waals surface area (Å²) < 4.78 is 0. The van der Waals surface area contributed by atoms with E-state index in [0.717, 1.165) is 60.5 Å². The van der Waals surface area contributed by atoms with Gasteiger partial charge in [-0.25, -0.2) is 9.97 Å². The molecule has 144 valence electrons. The van der Waals surface area contributed by atoms with Gasteiger partial charge in [0.25, 0.3) is 0 Å². The van der Waals surface area contributed by atoms with E-state index in [9.17, 15) is 4.79 Å². The zero-order chi connectivity index (χ0) is 19.3. The molecule has 1 fully saturated rings. The number of rotatable bonds is 2. The number of allylic oxidation sites excluding steroid dienone is 5. The molecule has 1 unspecified atom stereocenters. The SMILES string of the molecule is CC(C(=O)N1CCC[C@@H](N2CC(C)c3c[nH]c4ncnc2c34)C1)=C1C=CC=C1. The maximum absolute atomic E-state index is 13.1. The van der Waals surface area contributed by atoms with E-state index in [1.54, 1.807) is 6.33 Å². The third-order valence-electron chi connectivity index (χ3n) is 6.29. The highest BCUT2D eigenvalue weighted by atomic mass is 16.2. The van der Waals surface area contributed by atoms with Crippen molar-refractivity contribution in [3.8, 4) is 0 Å². The number of anilines is 1. The van der Waals surface area contributed by atoms with Crippen LogP contribution in [0.2, 0.25) is 0 Å². The number of H-pyrrole nitrogens is 1. The van der Waals surface area contributed by atoms with Crippen LogP contribution in [-0.2, 0) is 4.79 Å². The molecule has 5 rings (SSSR count). The lowest BCUT2D eigenvalue weighted by molar-refractivity contribution is -0.128. The zero-order valence-electron chi connectivity index (χ0n) is 16.4. The number of hydrogen-bond acceptors (Lipinski definition) is 4. The molecule has 1 amide bonds. The number of nitrogens with one attached hydrogen (secondary N) is 1. The summed E-state index contributed by atoms with van der Waals surface area (Å²) in [7, 11) is 0. The topological polar surface area (TPSA) is 65.1 Å². The molecule has 0 radical (unpaired) electrons. The predicted molar refractivity (Wildman–Crippen MR) is 110 cm³/mol. The molecule has 2 aromatic heterocycles. The van der Waals surface area contributed by atoms with Crippen LogP contribution >= 0.6 is 0 Å². The fourth-order valence-electron chi connectivity index (χ4n) is 4.76. The van der Waals surface area contributed by atoms with E-state index in [0.29, 0.717) is 5.92 Å². The summed E-state index contributed by atoms with van der Waals surface area (Å²) in [6.07, 6.45) is 13.8. The van der Waals surface area contributed by atoms with E-state index in [1.165, 1.54) is 5.56 Å². The minimum Gasteiger partial charge on any atom is -0.351 e. The molecule has 1 aliphatic carbocycles. The van der Waals surface area contributed by atoms with E-state index in [4.69, 9.17) is 0 Å². The van der Waals surface area contributed by atoms with Gasteiger partial charge in [0.15, 0.2) is 0 Å². The molecule has 0 spiro atoms. The van der Waals surface area contributed by atoms with E-state index in [-0.39, 0.29) is 11.9 Å². The molecule has 1 saturated heterocycles. The van der Waals surface area contributed by atoms with Crippen LogP contribution in [0.4, 0.5) is 5.82 Å². The van der Waals surface area contributed by atoms with Crippen molar-refractivity contribution in [2.24, 2.45) is 0 Å². The molecule has 28 heavy (non-hydrogen) atoms. The van der Waals surface area contributed by atoms with E-state index in [2.05, 4.69) is 33.0 Å². The summed E-state index contributed by atoms with van der Waals surface area (Å²) in [6.45, 7) is 6.68. The maximum Gasteiger partial charge on any atom is 0.250 e. The summed E-state index contributed by atoms with van der Waals surface area (Å²) in [6, 6.07) is 0.286. The Hall–Kier alpha value is -2.89. The van der Waals surface area contributed by atoms with Crippen LogP contribution in [0.3, 0.4) is 0 Å². The van der Waals surface area contributed by atoms with Gasteiger partial charge >= 0.3 is 0 Å². The number of carbonyl (C=O) groups is 1. The van der Waals surface area contributed by atoms with Crippen LogP contribution < -0.4 is 4.90 Å². The van der Waals surface area contributed by atoms with Gasteiger partial charge in [0, 0.05) is 43.4 Å². The van der Waals surface area contributed by atoms with Gasteiger partial charge in [0.2, 0.25) is 5.91 Å². The van der Waals surface area contributed by atoms with E-state index < -0.39 is 0 Å². The second-order valence-electron chi connectivity index (χ2n) is 8.06. The molecule has 2 aromatic rings. The van der Waals surface area contributed by atoms with Gasteiger partial charge in [-0.3, -0.25) is 4.79 Å². The monoisotopic (exact) mass is 375 g/mol.